The van der Waals surface area contributed by atoms with Gasteiger partial charge in [-0.15, -0.1) is 0 Å². The number of rotatable bonds is 4. The average Bonchev–Trinajstić information content (AvgIpc) is 3.32. The fourth-order valence-corrected chi connectivity index (χ4v) is 3.37. The van der Waals surface area contributed by atoms with Crippen LogP contribution in [0.3, 0.4) is 0 Å². The fraction of sp³-hybridized carbons (Fsp3) is 0.556. The van der Waals surface area contributed by atoms with Gasteiger partial charge in [-0.1, -0.05) is 30.7 Å². The molecule has 2 fully saturated rings. The minimum absolute atomic E-state index is 0.503. The van der Waals surface area contributed by atoms with Gasteiger partial charge >= 0.3 is 0 Å². The molecule has 1 aromatic carbocycles. The Hall–Kier alpha value is -1.68. The molecule has 1 aliphatic heterocycles. The predicted octanol–water partition coefficient (Wildman–Crippen LogP) is 3.90. The van der Waals surface area contributed by atoms with Crippen molar-refractivity contribution in [3.8, 4) is 11.4 Å². The van der Waals surface area contributed by atoms with E-state index in [9.17, 15) is 0 Å². The molecule has 4 heteroatoms. The minimum Gasteiger partial charge on any atom is -0.297 e. The van der Waals surface area contributed by atoms with Crippen molar-refractivity contribution in [2.45, 2.75) is 51.0 Å². The Morgan fingerprint density at radius 1 is 1.09 bits per heavy atom. The van der Waals surface area contributed by atoms with Crippen LogP contribution in [0, 0.1) is 0 Å². The highest BCUT2D eigenvalue weighted by atomic mass is 15.2. The topological polar surface area (TPSA) is 44.8 Å². The molecule has 1 aromatic heterocycles. The van der Waals surface area contributed by atoms with Crippen LogP contribution in [-0.4, -0.2) is 33.2 Å². The molecule has 1 saturated carbocycles. The van der Waals surface area contributed by atoms with Crippen LogP contribution in [0.1, 0.15) is 62.4 Å². The van der Waals surface area contributed by atoms with Crippen molar-refractivity contribution in [1.82, 2.24) is 20.1 Å². The number of benzene rings is 1. The molecule has 1 unspecified atom stereocenters. The Labute approximate surface area is 132 Å². The molecule has 0 spiro atoms. The molecular weight excluding hydrogens is 272 g/mol. The molecule has 4 rings (SSSR count). The first-order valence-electron chi connectivity index (χ1n) is 8.58. The lowest BCUT2D eigenvalue weighted by Gasteiger charge is -2.32. The van der Waals surface area contributed by atoms with E-state index in [-0.39, 0.29) is 0 Å². The van der Waals surface area contributed by atoms with Crippen LogP contribution in [0.15, 0.2) is 24.3 Å². The Morgan fingerprint density at radius 2 is 1.82 bits per heavy atom. The molecule has 2 heterocycles. The van der Waals surface area contributed by atoms with Crippen LogP contribution in [-0.2, 0) is 0 Å². The van der Waals surface area contributed by atoms with E-state index in [0.717, 1.165) is 17.2 Å². The quantitative estimate of drug-likeness (QED) is 0.930. The summed E-state index contributed by atoms with van der Waals surface area (Å²) in [5, 5.41) is 7.45. The van der Waals surface area contributed by atoms with Crippen LogP contribution in [0.25, 0.3) is 11.4 Å². The summed E-state index contributed by atoms with van der Waals surface area (Å²) >= 11 is 0. The van der Waals surface area contributed by atoms with Gasteiger partial charge < -0.3 is 0 Å². The molecule has 1 saturated heterocycles. The van der Waals surface area contributed by atoms with Crippen LogP contribution in [0.2, 0.25) is 0 Å². The predicted molar refractivity (Wildman–Crippen MR) is 87.6 cm³/mol. The van der Waals surface area contributed by atoms with Gasteiger partial charge in [0.05, 0.1) is 0 Å². The summed E-state index contributed by atoms with van der Waals surface area (Å²) < 4.78 is 0. The molecule has 0 bridgehead atoms. The minimum atomic E-state index is 0.503. The molecule has 2 aliphatic rings. The molecule has 22 heavy (non-hydrogen) atoms. The molecular formula is C18H24N4. The molecule has 116 valence electrons. The number of aromatic nitrogens is 3. The maximum atomic E-state index is 4.63. The van der Waals surface area contributed by atoms with Crippen molar-refractivity contribution in [2.75, 3.05) is 13.1 Å². The van der Waals surface area contributed by atoms with Gasteiger partial charge in [-0.2, -0.15) is 5.10 Å². The zero-order chi connectivity index (χ0) is 14.9. The molecule has 1 atom stereocenters. The van der Waals surface area contributed by atoms with Crippen molar-refractivity contribution in [1.29, 1.82) is 0 Å². The number of piperidine rings is 1. The summed E-state index contributed by atoms with van der Waals surface area (Å²) in [5.74, 6) is 2.51. The number of nitrogens with one attached hydrogen (secondary N) is 1. The van der Waals surface area contributed by atoms with E-state index in [4.69, 9.17) is 0 Å². The summed E-state index contributed by atoms with van der Waals surface area (Å²) in [7, 11) is 0. The van der Waals surface area contributed by atoms with E-state index in [2.05, 4.69) is 51.3 Å². The third kappa shape index (κ3) is 2.80. The van der Waals surface area contributed by atoms with Crippen molar-refractivity contribution in [2.24, 2.45) is 0 Å². The molecule has 2 aromatic rings. The number of nitrogens with zero attached hydrogens (tertiary/aromatic N) is 3. The Kier molecular flexibility index (Phi) is 3.70. The number of hydrogen-bond donors (Lipinski definition) is 1. The standard InChI is InChI=1S/C18H24N4/c1-13(22-11-3-2-4-12-22)14-5-7-15(8-6-14)17-19-18(21-20-17)16-9-10-16/h5-8,13,16H,2-4,9-12H2,1H3,(H,19,20,21). The summed E-state index contributed by atoms with van der Waals surface area (Å²) in [5.41, 5.74) is 2.50. The largest absolute Gasteiger partial charge is 0.297 e. The maximum Gasteiger partial charge on any atom is 0.181 e. The zero-order valence-electron chi connectivity index (χ0n) is 13.3. The van der Waals surface area contributed by atoms with Gasteiger partial charge in [0.15, 0.2) is 5.82 Å². The van der Waals surface area contributed by atoms with Crippen LogP contribution >= 0.6 is 0 Å². The Morgan fingerprint density at radius 3 is 2.50 bits per heavy atom. The second kappa shape index (κ2) is 5.84. The van der Waals surface area contributed by atoms with Gasteiger partial charge in [-0.05, 0) is 51.3 Å². The van der Waals surface area contributed by atoms with Gasteiger partial charge in [-0.25, -0.2) is 4.98 Å². The lowest BCUT2D eigenvalue weighted by atomic mass is 10.0. The molecule has 0 amide bonds. The van der Waals surface area contributed by atoms with Crippen molar-refractivity contribution < 1.29 is 0 Å². The first-order valence-corrected chi connectivity index (χ1v) is 8.58. The van der Waals surface area contributed by atoms with Crippen LogP contribution in [0.4, 0.5) is 0 Å². The maximum absolute atomic E-state index is 4.63. The third-order valence-electron chi connectivity index (χ3n) is 5.06. The lowest BCUT2D eigenvalue weighted by Crippen LogP contribution is -2.32. The van der Waals surface area contributed by atoms with Gasteiger partial charge in [0.1, 0.15) is 5.82 Å². The van der Waals surface area contributed by atoms with Crippen molar-refractivity contribution >= 4 is 0 Å². The fourth-order valence-electron chi connectivity index (χ4n) is 3.37. The number of aromatic amines is 1. The monoisotopic (exact) mass is 296 g/mol. The smallest absolute Gasteiger partial charge is 0.181 e. The molecule has 1 N–H and O–H groups in total. The van der Waals surface area contributed by atoms with E-state index in [1.807, 2.05) is 0 Å². The van der Waals surface area contributed by atoms with Crippen molar-refractivity contribution in [3.05, 3.63) is 35.7 Å². The first-order chi connectivity index (χ1) is 10.8. The highest BCUT2D eigenvalue weighted by molar-refractivity contribution is 5.55. The normalized spacial score (nSPS) is 21.0. The number of likely N-dealkylation sites (tertiary alicyclic amines) is 1. The second-order valence-electron chi connectivity index (χ2n) is 6.71. The van der Waals surface area contributed by atoms with E-state index in [1.54, 1.807) is 0 Å². The van der Waals surface area contributed by atoms with E-state index >= 15 is 0 Å². The Balaban J connectivity index is 1.49. The van der Waals surface area contributed by atoms with Gasteiger partial charge in [-0.3, -0.25) is 10.00 Å². The van der Waals surface area contributed by atoms with Crippen molar-refractivity contribution in [3.63, 3.8) is 0 Å². The van der Waals surface area contributed by atoms with Gasteiger partial charge in [0.25, 0.3) is 0 Å². The van der Waals surface area contributed by atoms with E-state index in [0.29, 0.717) is 12.0 Å². The van der Waals surface area contributed by atoms with Crippen LogP contribution in [0.5, 0.6) is 0 Å². The van der Waals surface area contributed by atoms with Gasteiger partial charge in [0.2, 0.25) is 0 Å². The average molecular weight is 296 g/mol. The third-order valence-corrected chi connectivity index (χ3v) is 5.06. The van der Waals surface area contributed by atoms with Crippen LogP contribution < -0.4 is 0 Å². The SMILES string of the molecule is CC(c1ccc(-c2n[nH]c(C3CC3)n2)cc1)N1CCCCC1. The van der Waals surface area contributed by atoms with Gasteiger partial charge in [0, 0.05) is 17.5 Å². The number of hydrogen-bond acceptors (Lipinski definition) is 3. The highest BCUT2D eigenvalue weighted by Crippen LogP contribution is 2.38. The second-order valence-corrected chi connectivity index (χ2v) is 6.71. The first kappa shape index (κ1) is 13.9. The molecule has 1 aliphatic carbocycles. The molecule has 4 nitrogen and oxygen atoms in total. The highest BCUT2D eigenvalue weighted by Gasteiger charge is 2.27. The van der Waals surface area contributed by atoms with E-state index in [1.165, 1.54) is 50.8 Å². The summed E-state index contributed by atoms with van der Waals surface area (Å²) in [6.07, 6.45) is 6.56. The summed E-state index contributed by atoms with van der Waals surface area (Å²) in [6, 6.07) is 9.30. The Bertz CT molecular complexity index is 621. The summed E-state index contributed by atoms with van der Waals surface area (Å²) in [4.78, 5) is 7.22. The zero-order valence-corrected chi connectivity index (χ0v) is 13.3. The van der Waals surface area contributed by atoms with E-state index < -0.39 is 0 Å². The number of H-pyrrole nitrogens is 1. The summed E-state index contributed by atoms with van der Waals surface area (Å²) in [6.45, 7) is 4.78. The molecule has 0 radical (unpaired) electrons. The lowest BCUT2D eigenvalue weighted by molar-refractivity contribution is 0.175.